The van der Waals surface area contributed by atoms with Gasteiger partial charge in [0, 0.05) is 13.2 Å². The third-order valence-electron chi connectivity index (χ3n) is 3.27. The number of rotatable bonds is 5. The Bertz CT molecular complexity index is 502. The number of hydrogen-bond donors (Lipinski definition) is 1. The van der Waals surface area contributed by atoms with Crippen molar-refractivity contribution in [2.45, 2.75) is 25.8 Å². The predicted octanol–water partition coefficient (Wildman–Crippen LogP) is 2.68. The van der Waals surface area contributed by atoms with Gasteiger partial charge in [-0.3, -0.25) is 4.68 Å². The number of nitrogens with zero attached hydrogens (tertiary/aromatic N) is 2. The second-order valence-electron chi connectivity index (χ2n) is 4.60. The Balaban J connectivity index is 2.33. The van der Waals surface area contributed by atoms with E-state index in [4.69, 9.17) is 0 Å². The summed E-state index contributed by atoms with van der Waals surface area (Å²) in [6, 6.07) is 11.1. The average molecular weight is 243 g/mol. The van der Waals surface area contributed by atoms with Crippen LogP contribution in [0.1, 0.15) is 36.2 Å². The largest absolute Gasteiger partial charge is 0.308 e. The highest BCUT2D eigenvalue weighted by atomic mass is 15.3. The van der Waals surface area contributed by atoms with E-state index in [1.165, 1.54) is 23.2 Å². The van der Waals surface area contributed by atoms with Crippen molar-refractivity contribution in [3.8, 4) is 0 Å². The standard InChI is InChI=1S/C15H21N3/c1-4-6-12-7-5-8-13(11-12)15(16-2)14-9-10-17-18(14)3/h5,7-11,15-16H,4,6H2,1-3H3. The predicted molar refractivity (Wildman–Crippen MR) is 74.5 cm³/mol. The van der Waals surface area contributed by atoms with E-state index in [9.17, 15) is 0 Å². The fraction of sp³-hybridized carbons (Fsp3) is 0.400. The van der Waals surface area contributed by atoms with E-state index in [0.717, 1.165) is 6.42 Å². The molecule has 2 aromatic rings. The second-order valence-corrected chi connectivity index (χ2v) is 4.60. The minimum Gasteiger partial charge on any atom is -0.308 e. The summed E-state index contributed by atoms with van der Waals surface area (Å²) in [5, 5.41) is 7.62. The highest BCUT2D eigenvalue weighted by molar-refractivity contribution is 5.31. The van der Waals surface area contributed by atoms with Gasteiger partial charge in [-0.05, 0) is 30.7 Å². The van der Waals surface area contributed by atoms with Crippen LogP contribution in [-0.2, 0) is 13.5 Å². The molecule has 1 aromatic carbocycles. The molecule has 1 atom stereocenters. The van der Waals surface area contributed by atoms with Crippen LogP contribution in [0, 0.1) is 0 Å². The maximum Gasteiger partial charge on any atom is 0.0745 e. The van der Waals surface area contributed by atoms with Gasteiger partial charge in [0.2, 0.25) is 0 Å². The topological polar surface area (TPSA) is 29.9 Å². The molecule has 0 saturated heterocycles. The Hall–Kier alpha value is -1.61. The molecule has 1 aromatic heterocycles. The molecule has 0 bridgehead atoms. The van der Waals surface area contributed by atoms with E-state index in [1.54, 1.807) is 0 Å². The maximum absolute atomic E-state index is 4.25. The van der Waals surface area contributed by atoms with Gasteiger partial charge >= 0.3 is 0 Å². The Morgan fingerprint density at radius 3 is 2.78 bits per heavy atom. The van der Waals surface area contributed by atoms with E-state index in [0.29, 0.717) is 0 Å². The number of aryl methyl sites for hydroxylation is 2. The molecule has 0 radical (unpaired) electrons. The van der Waals surface area contributed by atoms with Gasteiger partial charge in [0.25, 0.3) is 0 Å². The number of nitrogens with one attached hydrogen (secondary N) is 1. The van der Waals surface area contributed by atoms with Gasteiger partial charge in [-0.2, -0.15) is 5.10 Å². The minimum atomic E-state index is 0.203. The first-order valence-corrected chi connectivity index (χ1v) is 6.50. The molecule has 3 heteroatoms. The Kier molecular flexibility index (Phi) is 4.15. The molecule has 1 N–H and O–H groups in total. The highest BCUT2D eigenvalue weighted by Gasteiger charge is 2.15. The van der Waals surface area contributed by atoms with Crippen LogP contribution in [0.4, 0.5) is 0 Å². The molecule has 2 rings (SSSR count). The Labute approximate surface area is 109 Å². The average Bonchev–Trinajstić information content (AvgIpc) is 2.78. The number of aromatic nitrogens is 2. The van der Waals surface area contributed by atoms with Crippen LogP contribution in [0.5, 0.6) is 0 Å². The van der Waals surface area contributed by atoms with Gasteiger partial charge < -0.3 is 5.32 Å². The second kappa shape index (κ2) is 5.83. The number of benzene rings is 1. The van der Waals surface area contributed by atoms with Gasteiger partial charge in [-0.25, -0.2) is 0 Å². The molecule has 0 aliphatic heterocycles. The van der Waals surface area contributed by atoms with Crippen molar-refractivity contribution in [1.82, 2.24) is 15.1 Å². The molecule has 18 heavy (non-hydrogen) atoms. The molecule has 0 amide bonds. The molecule has 3 nitrogen and oxygen atoms in total. The van der Waals surface area contributed by atoms with Crippen LogP contribution < -0.4 is 5.32 Å². The normalized spacial score (nSPS) is 12.6. The smallest absolute Gasteiger partial charge is 0.0745 e. The van der Waals surface area contributed by atoms with Crippen molar-refractivity contribution in [1.29, 1.82) is 0 Å². The summed E-state index contributed by atoms with van der Waals surface area (Å²) in [7, 11) is 3.97. The quantitative estimate of drug-likeness (QED) is 0.875. The molecule has 0 spiro atoms. The van der Waals surface area contributed by atoms with Gasteiger partial charge in [-0.15, -0.1) is 0 Å². The summed E-state index contributed by atoms with van der Waals surface area (Å²) in [6.45, 7) is 2.21. The molecule has 1 heterocycles. The third kappa shape index (κ3) is 2.62. The molecular weight excluding hydrogens is 222 g/mol. The Morgan fingerprint density at radius 1 is 1.33 bits per heavy atom. The minimum absolute atomic E-state index is 0.203. The molecule has 96 valence electrons. The van der Waals surface area contributed by atoms with Crippen molar-refractivity contribution >= 4 is 0 Å². The zero-order valence-corrected chi connectivity index (χ0v) is 11.4. The van der Waals surface area contributed by atoms with Crippen LogP contribution in [0.25, 0.3) is 0 Å². The van der Waals surface area contributed by atoms with E-state index in [2.05, 4.69) is 47.7 Å². The van der Waals surface area contributed by atoms with Crippen LogP contribution in [0.2, 0.25) is 0 Å². The number of hydrogen-bond acceptors (Lipinski definition) is 2. The lowest BCUT2D eigenvalue weighted by molar-refractivity contribution is 0.605. The van der Waals surface area contributed by atoms with Crippen molar-refractivity contribution < 1.29 is 0 Å². The van der Waals surface area contributed by atoms with Gasteiger partial charge in [0.15, 0.2) is 0 Å². The van der Waals surface area contributed by atoms with Crippen LogP contribution in [-0.4, -0.2) is 16.8 Å². The van der Waals surface area contributed by atoms with Crippen molar-refractivity contribution in [3.63, 3.8) is 0 Å². The lowest BCUT2D eigenvalue weighted by Gasteiger charge is -2.18. The Morgan fingerprint density at radius 2 is 2.17 bits per heavy atom. The highest BCUT2D eigenvalue weighted by Crippen LogP contribution is 2.22. The summed E-state index contributed by atoms with van der Waals surface area (Å²) in [5.41, 5.74) is 3.88. The molecule has 1 unspecified atom stereocenters. The zero-order valence-electron chi connectivity index (χ0n) is 11.4. The van der Waals surface area contributed by atoms with Crippen molar-refractivity contribution in [2.75, 3.05) is 7.05 Å². The summed E-state index contributed by atoms with van der Waals surface area (Å²) in [5.74, 6) is 0. The SMILES string of the molecule is CCCc1cccc(C(NC)c2ccnn2C)c1. The first kappa shape index (κ1) is 12.8. The third-order valence-corrected chi connectivity index (χ3v) is 3.27. The van der Waals surface area contributed by atoms with Gasteiger partial charge in [-0.1, -0.05) is 37.6 Å². The summed E-state index contributed by atoms with van der Waals surface area (Å²) < 4.78 is 1.92. The van der Waals surface area contributed by atoms with E-state index < -0.39 is 0 Å². The van der Waals surface area contributed by atoms with E-state index in [1.807, 2.05) is 25.0 Å². The van der Waals surface area contributed by atoms with Gasteiger partial charge in [0.05, 0.1) is 11.7 Å². The first-order valence-electron chi connectivity index (χ1n) is 6.50. The van der Waals surface area contributed by atoms with E-state index >= 15 is 0 Å². The molecule has 0 aliphatic rings. The van der Waals surface area contributed by atoms with Gasteiger partial charge in [0.1, 0.15) is 0 Å². The molecule has 0 fully saturated rings. The first-order chi connectivity index (χ1) is 8.76. The van der Waals surface area contributed by atoms with Crippen LogP contribution in [0.3, 0.4) is 0 Å². The summed E-state index contributed by atoms with van der Waals surface area (Å²) >= 11 is 0. The summed E-state index contributed by atoms with van der Waals surface area (Å²) in [6.07, 6.45) is 4.16. The van der Waals surface area contributed by atoms with Crippen molar-refractivity contribution in [3.05, 3.63) is 53.3 Å². The van der Waals surface area contributed by atoms with Crippen molar-refractivity contribution in [2.24, 2.45) is 7.05 Å². The zero-order chi connectivity index (χ0) is 13.0. The van der Waals surface area contributed by atoms with Crippen LogP contribution in [0.15, 0.2) is 36.5 Å². The fourth-order valence-electron chi connectivity index (χ4n) is 2.37. The monoisotopic (exact) mass is 243 g/mol. The lowest BCUT2D eigenvalue weighted by Crippen LogP contribution is -2.20. The van der Waals surface area contributed by atoms with Crippen LogP contribution >= 0.6 is 0 Å². The summed E-state index contributed by atoms with van der Waals surface area (Å²) in [4.78, 5) is 0. The van der Waals surface area contributed by atoms with E-state index in [-0.39, 0.29) is 6.04 Å². The molecular formula is C15H21N3. The lowest BCUT2D eigenvalue weighted by atomic mass is 9.99. The molecule has 0 saturated carbocycles. The fourth-order valence-corrected chi connectivity index (χ4v) is 2.37. The molecule has 0 aliphatic carbocycles. The maximum atomic E-state index is 4.25.